The van der Waals surface area contributed by atoms with E-state index in [4.69, 9.17) is 5.73 Å². The van der Waals surface area contributed by atoms with Crippen molar-refractivity contribution in [1.82, 2.24) is 4.98 Å². The Morgan fingerprint density at radius 3 is 2.43 bits per heavy atom. The monoisotopic (exact) mass is 344 g/mol. The van der Waals surface area contributed by atoms with E-state index in [0.29, 0.717) is 0 Å². The van der Waals surface area contributed by atoms with E-state index >= 15 is 0 Å². The second-order valence-corrected chi connectivity index (χ2v) is 6.92. The maximum Gasteiger partial charge on any atom is 0.0420 e. The lowest BCUT2D eigenvalue weighted by Crippen LogP contribution is -2.45. The molecule has 0 bridgehead atoms. The molecule has 1 aliphatic rings. The van der Waals surface area contributed by atoms with Gasteiger partial charge in [-0.05, 0) is 46.5 Å². The smallest absolute Gasteiger partial charge is 0.0420 e. The minimum absolute atomic E-state index is 0.121. The fourth-order valence-corrected chi connectivity index (χ4v) is 3.83. The standard InChI is InChI=1S/C18H21BrN2/c19-15-8-9-16(21-13-15)12-17(20)18(10-4-5-11-18)14-6-2-1-3-7-14/h1-3,6-9,13,17H,4-5,10-12,20H2. The topological polar surface area (TPSA) is 38.9 Å². The third-order valence-electron chi connectivity index (χ3n) is 4.77. The summed E-state index contributed by atoms with van der Waals surface area (Å²) >= 11 is 3.43. The van der Waals surface area contributed by atoms with Gasteiger partial charge in [0, 0.05) is 34.2 Å². The van der Waals surface area contributed by atoms with Crippen LogP contribution in [0.3, 0.4) is 0 Å². The Labute approximate surface area is 134 Å². The van der Waals surface area contributed by atoms with Gasteiger partial charge in [0.25, 0.3) is 0 Å². The van der Waals surface area contributed by atoms with Gasteiger partial charge in [-0.3, -0.25) is 4.98 Å². The van der Waals surface area contributed by atoms with Crippen molar-refractivity contribution in [3.63, 3.8) is 0 Å². The quantitative estimate of drug-likeness (QED) is 0.901. The van der Waals surface area contributed by atoms with E-state index < -0.39 is 0 Å². The minimum atomic E-state index is 0.121. The molecule has 3 rings (SSSR count). The van der Waals surface area contributed by atoms with Crippen LogP contribution in [-0.2, 0) is 11.8 Å². The second kappa shape index (κ2) is 6.29. The Kier molecular flexibility index (Phi) is 4.41. The molecule has 1 unspecified atom stereocenters. The number of rotatable bonds is 4. The van der Waals surface area contributed by atoms with Gasteiger partial charge >= 0.3 is 0 Å². The zero-order valence-corrected chi connectivity index (χ0v) is 13.7. The first-order valence-electron chi connectivity index (χ1n) is 7.62. The van der Waals surface area contributed by atoms with Crippen molar-refractivity contribution < 1.29 is 0 Å². The van der Waals surface area contributed by atoms with Crippen molar-refractivity contribution in [1.29, 1.82) is 0 Å². The van der Waals surface area contributed by atoms with Crippen LogP contribution in [0.5, 0.6) is 0 Å². The molecule has 1 aromatic heterocycles. The maximum absolute atomic E-state index is 6.66. The van der Waals surface area contributed by atoms with Crippen LogP contribution in [0, 0.1) is 0 Å². The van der Waals surface area contributed by atoms with E-state index in [9.17, 15) is 0 Å². The normalized spacial score (nSPS) is 18.6. The zero-order valence-electron chi connectivity index (χ0n) is 12.1. The van der Waals surface area contributed by atoms with Gasteiger partial charge in [0.05, 0.1) is 0 Å². The van der Waals surface area contributed by atoms with Gasteiger partial charge < -0.3 is 5.73 Å². The fourth-order valence-electron chi connectivity index (χ4n) is 3.60. The SMILES string of the molecule is NC(Cc1ccc(Br)cn1)C1(c2ccccc2)CCCC1. The van der Waals surface area contributed by atoms with E-state index in [-0.39, 0.29) is 11.5 Å². The third kappa shape index (κ3) is 3.04. The molecule has 1 aliphatic carbocycles. The average molecular weight is 345 g/mol. The molecular weight excluding hydrogens is 324 g/mol. The van der Waals surface area contributed by atoms with Crippen molar-refractivity contribution in [2.45, 2.75) is 43.6 Å². The van der Waals surface area contributed by atoms with Crippen LogP contribution < -0.4 is 5.73 Å². The Hall–Kier alpha value is -1.19. The van der Waals surface area contributed by atoms with E-state index in [1.54, 1.807) is 0 Å². The number of benzene rings is 1. The lowest BCUT2D eigenvalue weighted by molar-refractivity contribution is 0.345. The number of hydrogen-bond acceptors (Lipinski definition) is 2. The number of nitrogens with two attached hydrogens (primary N) is 1. The highest BCUT2D eigenvalue weighted by Crippen LogP contribution is 2.43. The molecule has 3 heteroatoms. The summed E-state index contributed by atoms with van der Waals surface area (Å²) in [6.07, 6.45) is 7.62. The number of aromatic nitrogens is 1. The molecule has 21 heavy (non-hydrogen) atoms. The largest absolute Gasteiger partial charge is 0.327 e. The van der Waals surface area contributed by atoms with E-state index in [0.717, 1.165) is 16.6 Å². The Morgan fingerprint density at radius 2 is 1.81 bits per heavy atom. The second-order valence-electron chi connectivity index (χ2n) is 6.01. The first kappa shape index (κ1) is 14.7. The third-order valence-corrected chi connectivity index (χ3v) is 5.24. The molecule has 110 valence electrons. The highest BCUT2D eigenvalue weighted by Gasteiger charge is 2.40. The number of pyridine rings is 1. The average Bonchev–Trinajstić information content (AvgIpc) is 3.01. The fraction of sp³-hybridized carbons (Fsp3) is 0.389. The summed E-state index contributed by atoms with van der Waals surface area (Å²) in [5.74, 6) is 0. The molecule has 1 atom stereocenters. The molecule has 2 aromatic rings. The van der Waals surface area contributed by atoms with Crippen molar-refractivity contribution >= 4 is 15.9 Å². The Morgan fingerprint density at radius 1 is 1.10 bits per heavy atom. The number of hydrogen-bond donors (Lipinski definition) is 1. The van der Waals surface area contributed by atoms with Crippen molar-refractivity contribution in [3.05, 3.63) is 64.4 Å². The van der Waals surface area contributed by atoms with Crippen LogP contribution in [0.25, 0.3) is 0 Å². The van der Waals surface area contributed by atoms with Crippen LogP contribution in [0.2, 0.25) is 0 Å². The summed E-state index contributed by atoms with van der Waals surface area (Å²) in [5.41, 5.74) is 9.26. The van der Waals surface area contributed by atoms with Crippen LogP contribution in [0.15, 0.2) is 53.1 Å². The molecule has 2 N–H and O–H groups in total. The summed E-state index contributed by atoms with van der Waals surface area (Å²) in [5, 5.41) is 0. The van der Waals surface area contributed by atoms with E-state index in [2.05, 4.69) is 57.3 Å². The predicted octanol–water partition coefficient (Wildman–Crippen LogP) is 4.23. The number of halogens is 1. The maximum atomic E-state index is 6.66. The molecule has 1 heterocycles. The van der Waals surface area contributed by atoms with Crippen LogP contribution in [0.1, 0.15) is 36.9 Å². The zero-order chi connectivity index (χ0) is 14.7. The molecule has 0 aliphatic heterocycles. The van der Waals surface area contributed by atoms with Crippen LogP contribution in [0.4, 0.5) is 0 Å². The molecule has 0 amide bonds. The number of nitrogens with zero attached hydrogens (tertiary/aromatic N) is 1. The first-order chi connectivity index (χ1) is 10.2. The molecular formula is C18H21BrN2. The van der Waals surface area contributed by atoms with E-state index in [1.807, 2.05) is 12.3 Å². The molecule has 2 nitrogen and oxygen atoms in total. The van der Waals surface area contributed by atoms with Gasteiger partial charge in [0.2, 0.25) is 0 Å². The Balaban J connectivity index is 1.85. The van der Waals surface area contributed by atoms with Crippen molar-refractivity contribution in [3.8, 4) is 0 Å². The molecule has 1 fully saturated rings. The first-order valence-corrected chi connectivity index (χ1v) is 8.41. The highest BCUT2D eigenvalue weighted by atomic mass is 79.9. The predicted molar refractivity (Wildman–Crippen MR) is 90.2 cm³/mol. The molecule has 0 saturated heterocycles. The molecule has 0 spiro atoms. The van der Waals surface area contributed by atoms with Gasteiger partial charge in [0.15, 0.2) is 0 Å². The summed E-state index contributed by atoms with van der Waals surface area (Å²) in [7, 11) is 0. The van der Waals surface area contributed by atoms with Crippen LogP contribution >= 0.6 is 15.9 Å². The molecule has 0 radical (unpaired) electrons. The van der Waals surface area contributed by atoms with Gasteiger partial charge in [0.1, 0.15) is 0 Å². The summed E-state index contributed by atoms with van der Waals surface area (Å²) in [6, 6.07) is 15.0. The molecule has 1 aromatic carbocycles. The van der Waals surface area contributed by atoms with Gasteiger partial charge in [-0.2, -0.15) is 0 Å². The lowest BCUT2D eigenvalue weighted by atomic mass is 9.71. The summed E-state index contributed by atoms with van der Waals surface area (Å²) < 4.78 is 1.01. The molecule has 1 saturated carbocycles. The van der Waals surface area contributed by atoms with Crippen LogP contribution in [-0.4, -0.2) is 11.0 Å². The van der Waals surface area contributed by atoms with Gasteiger partial charge in [-0.15, -0.1) is 0 Å². The van der Waals surface area contributed by atoms with E-state index in [1.165, 1.54) is 31.2 Å². The van der Waals surface area contributed by atoms with Crippen molar-refractivity contribution in [2.24, 2.45) is 5.73 Å². The Bertz CT molecular complexity index is 574. The van der Waals surface area contributed by atoms with Gasteiger partial charge in [-0.25, -0.2) is 0 Å². The van der Waals surface area contributed by atoms with Gasteiger partial charge in [-0.1, -0.05) is 43.2 Å². The summed E-state index contributed by atoms with van der Waals surface area (Å²) in [4.78, 5) is 4.49. The lowest BCUT2D eigenvalue weighted by Gasteiger charge is -2.36. The summed E-state index contributed by atoms with van der Waals surface area (Å²) in [6.45, 7) is 0. The highest BCUT2D eigenvalue weighted by molar-refractivity contribution is 9.10. The minimum Gasteiger partial charge on any atom is -0.327 e. The van der Waals surface area contributed by atoms with Crippen molar-refractivity contribution in [2.75, 3.05) is 0 Å².